The molecule has 2 aromatic rings. The highest BCUT2D eigenvalue weighted by Gasteiger charge is 2.42. The van der Waals surface area contributed by atoms with E-state index in [1.165, 1.54) is 12.1 Å². The summed E-state index contributed by atoms with van der Waals surface area (Å²) in [6, 6.07) is 7.82. The molecule has 1 fully saturated rings. The highest BCUT2D eigenvalue weighted by Crippen LogP contribution is 2.25. The number of hydrogen-bond acceptors (Lipinski definition) is 5. The molecule has 1 aromatic carbocycles. The molecule has 0 saturated carbocycles. The Kier molecular flexibility index (Phi) is 5.15. The molecule has 1 atom stereocenters. The van der Waals surface area contributed by atoms with Gasteiger partial charge in [-0.1, -0.05) is 17.3 Å². The summed E-state index contributed by atoms with van der Waals surface area (Å²) in [5, 5.41) is 14.5. The Morgan fingerprint density at radius 1 is 1.36 bits per heavy atom. The first-order chi connectivity index (χ1) is 12.0. The molecule has 0 unspecified atom stereocenters. The lowest BCUT2D eigenvalue weighted by Crippen LogP contribution is -2.57. The van der Waals surface area contributed by atoms with Gasteiger partial charge in [-0.05, 0) is 37.6 Å². The summed E-state index contributed by atoms with van der Waals surface area (Å²) in [5.74, 6) is 0.0873. The van der Waals surface area contributed by atoms with Crippen molar-refractivity contribution in [2.24, 2.45) is 0 Å². The fourth-order valence-corrected chi connectivity index (χ4v) is 3.27. The number of amides is 1. The van der Waals surface area contributed by atoms with Crippen LogP contribution in [0.15, 0.2) is 41.1 Å². The standard InChI is InChI=1S/C18H22FN3O3/c1-21(12-16-7-9-20-25-16)13-18(24)8-2-10-22(17(18)23)11-14-3-5-15(19)6-4-14/h3-7,9,24H,2,8,10-13H2,1H3/t18-/m0/s1. The van der Waals surface area contributed by atoms with E-state index in [9.17, 15) is 14.3 Å². The minimum atomic E-state index is -1.42. The molecule has 1 aliphatic rings. The molecule has 3 rings (SSSR count). The molecule has 1 saturated heterocycles. The first kappa shape index (κ1) is 17.6. The van der Waals surface area contributed by atoms with E-state index < -0.39 is 5.60 Å². The molecule has 7 heteroatoms. The molecule has 0 spiro atoms. The van der Waals surface area contributed by atoms with Gasteiger partial charge in [0.15, 0.2) is 11.4 Å². The number of nitrogens with zero attached hydrogens (tertiary/aromatic N) is 3. The second-order valence-electron chi connectivity index (χ2n) is 6.64. The first-order valence-electron chi connectivity index (χ1n) is 8.30. The molecule has 0 aliphatic carbocycles. The predicted molar refractivity (Wildman–Crippen MR) is 88.8 cm³/mol. The van der Waals surface area contributed by atoms with Crippen molar-refractivity contribution in [3.8, 4) is 0 Å². The number of carbonyl (C=O) groups excluding carboxylic acids is 1. The lowest BCUT2D eigenvalue weighted by atomic mass is 9.90. The van der Waals surface area contributed by atoms with Crippen molar-refractivity contribution in [1.82, 2.24) is 15.0 Å². The normalized spacial score (nSPS) is 21.1. The van der Waals surface area contributed by atoms with Crippen LogP contribution in [0.1, 0.15) is 24.2 Å². The summed E-state index contributed by atoms with van der Waals surface area (Å²) in [6.07, 6.45) is 2.71. The van der Waals surface area contributed by atoms with E-state index in [2.05, 4.69) is 5.16 Å². The van der Waals surface area contributed by atoms with Gasteiger partial charge in [-0.25, -0.2) is 4.39 Å². The summed E-state index contributed by atoms with van der Waals surface area (Å²) in [6.45, 7) is 1.64. The largest absolute Gasteiger partial charge is 0.379 e. The molecule has 6 nitrogen and oxygen atoms in total. The fraction of sp³-hybridized carbons (Fsp3) is 0.444. The van der Waals surface area contributed by atoms with E-state index in [1.54, 1.807) is 29.3 Å². The van der Waals surface area contributed by atoms with Gasteiger partial charge in [0.05, 0.1) is 12.7 Å². The van der Waals surface area contributed by atoms with Gasteiger partial charge in [0.1, 0.15) is 5.82 Å². The van der Waals surface area contributed by atoms with Crippen molar-refractivity contribution in [2.45, 2.75) is 31.5 Å². The minimum absolute atomic E-state index is 0.215. The zero-order valence-electron chi connectivity index (χ0n) is 14.2. The molecule has 1 aliphatic heterocycles. The van der Waals surface area contributed by atoms with Crippen LogP contribution in [-0.4, -0.2) is 51.7 Å². The molecule has 134 valence electrons. The van der Waals surface area contributed by atoms with Gasteiger partial charge in [-0.3, -0.25) is 9.69 Å². The number of rotatable bonds is 6. The summed E-state index contributed by atoms with van der Waals surface area (Å²) >= 11 is 0. The van der Waals surface area contributed by atoms with Gasteiger partial charge in [-0.2, -0.15) is 0 Å². The number of hydrogen-bond donors (Lipinski definition) is 1. The molecular weight excluding hydrogens is 325 g/mol. The van der Waals surface area contributed by atoms with E-state index in [4.69, 9.17) is 4.52 Å². The second-order valence-corrected chi connectivity index (χ2v) is 6.64. The number of aliphatic hydroxyl groups is 1. The van der Waals surface area contributed by atoms with Gasteiger partial charge >= 0.3 is 0 Å². The average Bonchev–Trinajstić information content (AvgIpc) is 3.07. The van der Waals surface area contributed by atoms with E-state index in [1.807, 2.05) is 11.9 Å². The lowest BCUT2D eigenvalue weighted by molar-refractivity contribution is -0.160. The number of carbonyl (C=O) groups is 1. The number of halogens is 1. The smallest absolute Gasteiger partial charge is 0.256 e. The monoisotopic (exact) mass is 347 g/mol. The Balaban J connectivity index is 1.64. The molecule has 1 N–H and O–H groups in total. The molecular formula is C18H22FN3O3. The Morgan fingerprint density at radius 2 is 2.12 bits per heavy atom. The van der Waals surface area contributed by atoms with E-state index in [0.717, 1.165) is 12.0 Å². The topological polar surface area (TPSA) is 69.8 Å². The van der Waals surface area contributed by atoms with Gasteiger partial charge in [-0.15, -0.1) is 0 Å². The van der Waals surface area contributed by atoms with Crippen LogP contribution in [0.3, 0.4) is 0 Å². The first-order valence-corrected chi connectivity index (χ1v) is 8.30. The third-order valence-electron chi connectivity index (χ3n) is 4.44. The van der Waals surface area contributed by atoms with Crippen molar-refractivity contribution in [1.29, 1.82) is 0 Å². The van der Waals surface area contributed by atoms with Gasteiger partial charge in [0.25, 0.3) is 5.91 Å². The summed E-state index contributed by atoms with van der Waals surface area (Å²) < 4.78 is 18.1. The van der Waals surface area contributed by atoms with Crippen molar-refractivity contribution in [3.05, 3.63) is 53.7 Å². The Labute approximate surface area is 145 Å². The Morgan fingerprint density at radius 3 is 2.80 bits per heavy atom. The zero-order chi connectivity index (χ0) is 17.9. The van der Waals surface area contributed by atoms with Crippen LogP contribution >= 0.6 is 0 Å². The Hall–Kier alpha value is -2.25. The molecule has 0 radical (unpaired) electrons. The zero-order valence-corrected chi connectivity index (χ0v) is 14.2. The van der Waals surface area contributed by atoms with Crippen molar-refractivity contribution in [3.63, 3.8) is 0 Å². The predicted octanol–water partition coefficient (Wildman–Crippen LogP) is 1.80. The highest BCUT2D eigenvalue weighted by molar-refractivity contribution is 5.86. The van der Waals surface area contributed by atoms with Gasteiger partial charge in [0.2, 0.25) is 0 Å². The van der Waals surface area contributed by atoms with E-state index >= 15 is 0 Å². The van der Waals surface area contributed by atoms with Crippen LogP contribution in [0, 0.1) is 5.82 Å². The third-order valence-corrected chi connectivity index (χ3v) is 4.44. The van der Waals surface area contributed by atoms with E-state index in [-0.39, 0.29) is 18.3 Å². The average molecular weight is 347 g/mol. The number of likely N-dealkylation sites (tertiary alicyclic amines) is 1. The van der Waals surface area contributed by atoms with Gasteiger partial charge in [0, 0.05) is 25.7 Å². The maximum Gasteiger partial charge on any atom is 0.256 e. The van der Waals surface area contributed by atoms with Crippen LogP contribution in [0.2, 0.25) is 0 Å². The maximum atomic E-state index is 13.0. The number of likely N-dealkylation sites (N-methyl/N-ethyl adjacent to an activating group) is 1. The number of aromatic nitrogens is 1. The van der Waals surface area contributed by atoms with Gasteiger partial charge < -0.3 is 14.5 Å². The quantitative estimate of drug-likeness (QED) is 0.863. The minimum Gasteiger partial charge on any atom is -0.379 e. The van der Waals surface area contributed by atoms with Crippen LogP contribution in [0.4, 0.5) is 4.39 Å². The molecule has 0 bridgehead atoms. The molecule has 1 amide bonds. The molecule has 25 heavy (non-hydrogen) atoms. The summed E-state index contributed by atoms with van der Waals surface area (Å²) in [7, 11) is 1.83. The van der Waals surface area contributed by atoms with Crippen LogP contribution in [0.5, 0.6) is 0 Å². The SMILES string of the molecule is CN(Cc1ccno1)C[C@@]1(O)CCCN(Cc2ccc(F)cc2)C1=O. The molecule has 1 aromatic heterocycles. The number of benzene rings is 1. The van der Waals surface area contributed by atoms with Crippen LogP contribution < -0.4 is 0 Å². The number of piperidine rings is 1. The second kappa shape index (κ2) is 7.33. The van der Waals surface area contributed by atoms with E-state index in [0.29, 0.717) is 31.8 Å². The van der Waals surface area contributed by atoms with Crippen molar-refractivity contribution >= 4 is 5.91 Å². The lowest BCUT2D eigenvalue weighted by Gasteiger charge is -2.40. The molecule has 2 heterocycles. The van der Waals surface area contributed by atoms with Crippen LogP contribution in [0.25, 0.3) is 0 Å². The highest BCUT2D eigenvalue weighted by atomic mass is 19.1. The fourth-order valence-electron chi connectivity index (χ4n) is 3.27. The van der Waals surface area contributed by atoms with Crippen LogP contribution in [-0.2, 0) is 17.9 Å². The summed E-state index contributed by atoms with van der Waals surface area (Å²) in [4.78, 5) is 16.3. The Bertz CT molecular complexity index is 705. The van der Waals surface area contributed by atoms with Crippen molar-refractivity contribution < 1.29 is 18.8 Å². The third kappa shape index (κ3) is 4.24. The maximum absolute atomic E-state index is 13.0. The summed E-state index contributed by atoms with van der Waals surface area (Å²) in [5.41, 5.74) is -0.582. The van der Waals surface area contributed by atoms with Crippen molar-refractivity contribution in [2.75, 3.05) is 20.1 Å².